The van der Waals surface area contributed by atoms with Crippen LogP contribution in [0.4, 0.5) is 5.82 Å². The van der Waals surface area contributed by atoms with E-state index < -0.39 is 42.2 Å². The van der Waals surface area contributed by atoms with Crippen molar-refractivity contribution in [3.8, 4) is 5.75 Å². The summed E-state index contributed by atoms with van der Waals surface area (Å²) in [6.07, 6.45) is 0.852. The van der Waals surface area contributed by atoms with Gasteiger partial charge in [0.05, 0.1) is 10.8 Å². The summed E-state index contributed by atoms with van der Waals surface area (Å²) in [5.41, 5.74) is 0.293. The van der Waals surface area contributed by atoms with E-state index in [9.17, 15) is 21.9 Å². The molecule has 7 nitrogen and oxygen atoms in total. The van der Waals surface area contributed by atoms with Crippen molar-refractivity contribution in [3.05, 3.63) is 44.9 Å². The number of nitrogens with zero attached hydrogens (tertiary/aromatic N) is 1. The first-order chi connectivity index (χ1) is 11.4. The molecule has 2 rings (SSSR count). The van der Waals surface area contributed by atoms with Crippen LogP contribution in [0.2, 0.25) is 15.1 Å². The van der Waals surface area contributed by atoms with Crippen molar-refractivity contribution in [2.24, 2.45) is 0 Å². The lowest BCUT2D eigenvalue weighted by atomic mass is 10.2. The standard InChI is InChI=1S/C13H11Cl3N2O5S2/c1-24(20,21)13-10(16)5-11(19)12(17-13)18-25(22,23)6-7-2-8(14)4-9(15)3-7/h2-5,19H,6H2,1H3,(H,17,18). The van der Waals surface area contributed by atoms with E-state index in [-0.39, 0.29) is 15.1 Å². The van der Waals surface area contributed by atoms with E-state index >= 15 is 0 Å². The normalized spacial score (nSPS) is 12.2. The van der Waals surface area contributed by atoms with E-state index in [0.29, 0.717) is 5.56 Å². The molecule has 0 saturated heterocycles. The molecule has 0 fully saturated rings. The first kappa shape index (κ1) is 20.1. The third-order valence-electron chi connectivity index (χ3n) is 2.81. The number of sulfone groups is 1. The Kier molecular flexibility index (Phi) is 5.75. The Hall–Kier alpha value is -1.26. The summed E-state index contributed by atoms with van der Waals surface area (Å²) in [5.74, 6) is -1.70. The van der Waals surface area contributed by atoms with Crippen LogP contribution < -0.4 is 4.72 Å². The molecule has 0 spiro atoms. The lowest BCUT2D eigenvalue weighted by Gasteiger charge is -2.11. The Morgan fingerprint density at radius 2 is 1.60 bits per heavy atom. The van der Waals surface area contributed by atoms with E-state index in [1.54, 1.807) is 0 Å². The molecule has 0 aliphatic rings. The molecule has 0 aliphatic heterocycles. The van der Waals surface area contributed by atoms with Crippen molar-refractivity contribution in [2.45, 2.75) is 10.8 Å². The molecule has 2 N–H and O–H groups in total. The summed E-state index contributed by atoms with van der Waals surface area (Å²) in [7, 11) is -7.87. The summed E-state index contributed by atoms with van der Waals surface area (Å²) in [5, 5.41) is 9.41. The summed E-state index contributed by atoms with van der Waals surface area (Å²) < 4.78 is 49.8. The minimum atomic E-state index is -4.05. The quantitative estimate of drug-likeness (QED) is 0.731. The van der Waals surface area contributed by atoms with Gasteiger partial charge in [0.15, 0.2) is 26.4 Å². The average Bonchev–Trinajstić information content (AvgIpc) is 2.38. The number of hydrogen-bond donors (Lipinski definition) is 2. The Balaban J connectivity index is 2.37. The third-order valence-corrected chi connectivity index (χ3v) is 5.87. The first-order valence-corrected chi connectivity index (χ1v) is 11.1. The molecule has 0 amide bonds. The van der Waals surface area contributed by atoms with Gasteiger partial charge in [0, 0.05) is 22.4 Å². The maximum absolute atomic E-state index is 12.3. The predicted molar refractivity (Wildman–Crippen MR) is 96.7 cm³/mol. The highest BCUT2D eigenvalue weighted by molar-refractivity contribution is 7.92. The molecular weight excluding hydrogens is 435 g/mol. The van der Waals surface area contributed by atoms with Gasteiger partial charge in [-0.15, -0.1) is 0 Å². The minimum Gasteiger partial charge on any atom is -0.504 e. The molecule has 0 unspecified atom stereocenters. The zero-order valence-corrected chi connectivity index (χ0v) is 16.4. The second-order valence-corrected chi connectivity index (χ2v) is 9.99. The first-order valence-electron chi connectivity index (χ1n) is 6.42. The van der Waals surface area contributed by atoms with Gasteiger partial charge in [-0.25, -0.2) is 21.8 Å². The molecular formula is C13H11Cl3N2O5S2. The van der Waals surface area contributed by atoms with Crippen LogP contribution in [-0.2, 0) is 25.6 Å². The number of nitrogens with one attached hydrogen (secondary N) is 1. The van der Waals surface area contributed by atoms with Crippen molar-refractivity contribution in [2.75, 3.05) is 11.0 Å². The SMILES string of the molecule is CS(=O)(=O)c1nc(NS(=O)(=O)Cc2cc(Cl)cc(Cl)c2)c(O)cc1Cl. The third kappa shape index (κ3) is 5.35. The summed E-state index contributed by atoms with van der Waals surface area (Å²) in [6, 6.07) is 5.14. The molecule has 0 atom stereocenters. The smallest absolute Gasteiger partial charge is 0.238 e. The highest BCUT2D eigenvalue weighted by atomic mass is 35.5. The Labute approximate surface area is 159 Å². The van der Waals surface area contributed by atoms with E-state index in [0.717, 1.165) is 12.3 Å². The fourth-order valence-electron chi connectivity index (χ4n) is 1.89. The van der Waals surface area contributed by atoms with Crippen LogP contribution in [0.15, 0.2) is 29.3 Å². The molecule has 1 heterocycles. The van der Waals surface area contributed by atoms with E-state index in [1.165, 1.54) is 18.2 Å². The van der Waals surface area contributed by atoms with Crippen LogP contribution >= 0.6 is 34.8 Å². The molecule has 12 heteroatoms. The number of pyridine rings is 1. The number of aromatic hydroxyl groups is 1. The minimum absolute atomic E-state index is 0.254. The van der Waals surface area contributed by atoms with Gasteiger partial charge in [0.1, 0.15) is 0 Å². The van der Waals surface area contributed by atoms with Crippen molar-refractivity contribution in [3.63, 3.8) is 0 Å². The molecule has 1 aromatic heterocycles. The maximum atomic E-state index is 12.3. The van der Waals surface area contributed by atoms with Gasteiger partial charge >= 0.3 is 0 Å². The molecule has 2 aromatic rings. The van der Waals surface area contributed by atoms with Crippen molar-refractivity contribution < 1.29 is 21.9 Å². The fraction of sp³-hybridized carbons (Fsp3) is 0.154. The van der Waals surface area contributed by atoms with Crippen molar-refractivity contribution >= 4 is 60.5 Å². The molecule has 1 aromatic carbocycles. The topological polar surface area (TPSA) is 113 Å². The average molecular weight is 446 g/mol. The zero-order chi connectivity index (χ0) is 19.0. The number of aromatic nitrogens is 1. The fourth-order valence-corrected chi connectivity index (χ4v) is 4.82. The number of hydrogen-bond acceptors (Lipinski definition) is 6. The van der Waals surface area contributed by atoms with Gasteiger partial charge < -0.3 is 5.11 Å². The van der Waals surface area contributed by atoms with Gasteiger partial charge in [0.25, 0.3) is 0 Å². The number of anilines is 1. The molecule has 0 saturated carbocycles. The number of rotatable bonds is 5. The maximum Gasteiger partial charge on any atom is 0.238 e. The molecule has 25 heavy (non-hydrogen) atoms. The van der Waals surface area contributed by atoms with Gasteiger partial charge in [-0.3, -0.25) is 4.72 Å². The molecule has 0 bridgehead atoms. The van der Waals surface area contributed by atoms with Crippen LogP contribution in [0.25, 0.3) is 0 Å². The van der Waals surface area contributed by atoms with Gasteiger partial charge in [-0.05, 0) is 23.8 Å². The molecule has 136 valence electrons. The van der Waals surface area contributed by atoms with Crippen LogP contribution in [0.3, 0.4) is 0 Å². The van der Waals surface area contributed by atoms with E-state index in [2.05, 4.69) is 4.98 Å². The second kappa shape index (κ2) is 7.16. The van der Waals surface area contributed by atoms with Crippen LogP contribution in [0, 0.1) is 0 Å². The number of benzene rings is 1. The van der Waals surface area contributed by atoms with Crippen LogP contribution in [-0.4, -0.2) is 33.2 Å². The Morgan fingerprint density at radius 1 is 1.04 bits per heavy atom. The number of halogens is 3. The second-order valence-electron chi connectivity index (χ2n) is 5.05. The monoisotopic (exact) mass is 444 g/mol. The van der Waals surface area contributed by atoms with Crippen LogP contribution in [0.5, 0.6) is 5.75 Å². The van der Waals surface area contributed by atoms with E-state index in [1.807, 2.05) is 4.72 Å². The van der Waals surface area contributed by atoms with Gasteiger partial charge in [0.2, 0.25) is 10.0 Å². The highest BCUT2D eigenvalue weighted by Gasteiger charge is 2.21. The predicted octanol–water partition coefficient (Wildman–Crippen LogP) is 3.09. The largest absolute Gasteiger partial charge is 0.504 e. The number of sulfonamides is 1. The van der Waals surface area contributed by atoms with Crippen molar-refractivity contribution in [1.29, 1.82) is 0 Å². The Bertz CT molecular complexity index is 1020. The van der Waals surface area contributed by atoms with Crippen LogP contribution in [0.1, 0.15) is 5.56 Å². The van der Waals surface area contributed by atoms with E-state index in [4.69, 9.17) is 34.8 Å². The summed E-state index contributed by atoms with van der Waals surface area (Å²) in [6.45, 7) is 0. The Morgan fingerprint density at radius 3 is 2.12 bits per heavy atom. The lowest BCUT2D eigenvalue weighted by molar-refractivity contribution is 0.474. The van der Waals surface area contributed by atoms with Crippen molar-refractivity contribution in [1.82, 2.24) is 4.98 Å². The van der Waals surface area contributed by atoms with Gasteiger partial charge in [-0.1, -0.05) is 34.8 Å². The van der Waals surface area contributed by atoms with Gasteiger partial charge in [-0.2, -0.15) is 0 Å². The molecule has 0 aliphatic carbocycles. The lowest BCUT2D eigenvalue weighted by Crippen LogP contribution is -2.17. The summed E-state index contributed by atoms with van der Waals surface area (Å²) >= 11 is 17.4. The highest BCUT2D eigenvalue weighted by Crippen LogP contribution is 2.31. The zero-order valence-electron chi connectivity index (χ0n) is 12.5. The summed E-state index contributed by atoms with van der Waals surface area (Å²) in [4.78, 5) is 3.59. The molecule has 0 radical (unpaired) electrons.